The topological polar surface area (TPSA) is 32.3 Å². The first-order valence-electron chi connectivity index (χ1n) is 8.14. The highest BCUT2D eigenvalue weighted by Crippen LogP contribution is 2.26. The summed E-state index contributed by atoms with van der Waals surface area (Å²) in [5, 5.41) is 14.4. The summed E-state index contributed by atoms with van der Waals surface area (Å²) in [5.74, 6) is 0.427. The molecule has 0 amide bonds. The van der Waals surface area contributed by atoms with E-state index >= 15 is 0 Å². The molecule has 0 bridgehead atoms. The lowest BCUT2D eigenvalue weighted by atomic mass is 9.92. The predicted octanol–water partition coefficient (Wildman–Crippen LogP) is 3.84. The molecule has 0 radical (unpaired) electrons. The van der Waals surface area contributed by atoms with Gasteiger partial charge in [-0.1, -0.05) is 57.9 Å². The van der Waals surface area contributed by atoms with Crippen LogP contribution in [0.1, 0.15) is 63.7 Å². The number of hydrogen-bond donors (Lipinski definition) is 2. The van der Waals surface area contributed by atoms with Crippen molar-refractivity contribution in [2.75, 3.05) is 0 Å². The highest BCUT2D eigenvalue weighted by atomic mass is 16.3. The number of aryl methyl sites for hydroxylation is 1. The van der Waals surface area contributed by atoms with E-state index < -0.39 is 6.10 Å². The zero-order valence-electron chi connectivity index (χ0n) is 13.1. The molecule has 112 valence electrons. The largest absolute Gasteiger partial charge is 0.387 e. The van der Waals surface area contributed by atoms with Gasteiger partial charge in [-0.3, -0.25) is 0 Å². The maximum Gasteiger partial charge on any atom is 0.0945 e. The number of benzene rings is 1. The van der Waals surface area contributed by atoms with Gasteiger partial charge in [-0.25, -0.2) is 0 Å². The molecule has 0 spiro atoms. The molecular weight excluding hydrogens is 246 g/mol. The van der Waals surface area contributed by atoms with Crippen LogP contribution >= 0.6 is 0 Å². The van der Waals surface area contributed by atoms with E-state index in [4.69, 9.17) is 0 Å². The second-order valence-corrected chi connectivity index (χ2v) is 6.46. The van der Waals surface area contributed by atoms with E-state index in [1.807, 2.05) is 0 Å². The SMILES string of the molecule is CCc1ccc(C(O)C(NC2CCCC2)C(C)C)cc1. The molecule has 2 rings (SSSR count). The lowest BCUT2D eigenvalue weighted by molar-refractivity contribution is 0.0980. The molecule has 0 saturated heterocycles. The van der Waals surface area contributed by atoms with Gasteiger partial charge in [-0.15, -0.1) is 0 Å². The van der Waals surface area contributed by atoms with E-state index in [-0.39, 0.29) is 6.04 Å². The van der Waals surface area contributed by atoms with Gasteiger partial charge in [-0.05, 0) is 36.3 Å². The summed E-state index contributed by atoms with van der Waals surface area (Å²) in [5.41, 5.74) is 2.36. The Hall–Kier alpha value is -0.860. The van der Waals surface area contributed by atoms with Crippen molar-refractivity contribution in [3.05, 3.63) is 35.4 Å². The van der Waals surface area contributed by atoms with Crippen LogP contribution in [0, 0.1) is 5.92 Å². The van der Waals surface area contributed by atoms with Crippen LogP contribution in [0.5, 0.6) is 0 Å². The number of nitrogens with one attached hydrogen (secondary N) is 1. The van der Waals surface area contributed by atoms with Crippen molar-refractivity contribution >= 4 is 0 Å². The molecule has 2 nitrogen and oxygen atoms in total. The van der Waals surface area contributed by atoms with Gasteiger partial charge in [0, 0.05) is 12.1 Å². The Morgan fingerprint density at radius 2 is 1.75 bits per heavy atom. The summed E-state index contributed by atoms with van der Waals surface area (Å²) in [7, 11) is 0. The third-order valence-electron chi connectivity index (χ3n) is 4.57. The Kier molecular flexibility index (Phi) is 5.62. The Morgan fingerprint density at radius 1 is 1.15 bits per heavy atom. The van der Waals surface area contributed by atoms with Gasteiger partial charge in [0.25, 0.3) is 0 Å². The van der Waals surface area contributed by atoms with Crippen LogP contribution in [0.2, 0.25) is 0 Å². The van der Waals surface area contributed by atoms with Gasteiger partial charge in [0.2, 0.25) is 0 Å². The van der Waals surface area contributed by atoms with Crippen molar-refractivity contribution in [2.24, 2.45) is 5.92 Å². The lowest BCUT2D eigenvalue weighted by Gasteiger charge is -2.31. The van der Waals surface area contributed by atoms with E-state index in [9.17, 15) is 5.11 Å². The Balaban J connectivity index is 2.06. The second kappa shape index (κ2) is 7.24. The minimum atomic E-state index is -0.415. The molecule has 1 saturated carbocycles. The molecule has 2 N–H and O–H groups in total. The van der Waals surface area contributed by atoms with Gasteiger partial charge in [-0.2, -0.15) is 0 Å². The van der Waals surface area contributed by atoms with Gasteiger partial charge in [0.15, 0.2) is 0 Å². The van der Waals surface area contributed by atoms with E-state index in [0.717, 1.165) is 12.0 Å². The van der Waals surface area contributed by atoms with Gasteiger partial charge in [0.1, 0.15) is 0 Å². The van der Waals surface area contributed by atoms with E-state index in [1.54, 1.807) is 0 Å². The first kappa shape index (κ1) is 15.5. The predicted molar refractivity (Wildman–Crippen MR) is 84.8 cm³/mol. The monoisotopic (exact) mass is 275 g/mol. The van der Waals surface area contributed by atoms with Crippen molar-refractivity contribution in [3.63, 3.8) is 0 Å². The van der Waals surface area contributed by atoms with Gasteiger partial charge >= 0.3 is 0 Å². The molecule has 0 aromatic heterocycles. The highest BCUT2D eigenvalue weighted by Gasteiger charge is 2.27. The van der Waals surface area contributed by atoms with Crippen LogP contribution in [0.25, 0.3) is 0 Å². The van der Waals surface area contributed by atoms with E-state index in [1.165, 1.54) is 31.2 Å². The van der Waals surface area contributed by atoms with Gasteiger partial charge < -0.3 is 10.4 Å². The average molecular weight is 275 g/mol. The molecule has 1 aromatic carbocycles. The van der Waals surface area contributed by atoms with E-state index in [0.29, 0.717) is 12.0 Å². The fraction of sp³-hybridized carbons (Fsp3) is 0.667. The zero-order chi connectivity index (χ0) is 14.5. The number of aliphatic hydroxyl groups is 1. The highest BCUT2D eigenvalue weighted by molar-refractivity contribution is 5.25. The maximum atomic E-state index is 10.7. The molecule has 1 fully saturated rings. The average Bonchev–Trinajstić information content (AvgIpc) is 2.97. The molecule has 2 atom stereocenters. The Bertz CT molecular complexity index is 392. The quantitative estimate of drug-likeness (QED) is 0.827. The van der Waals surface area contributed by atoms with Crippen molar-refractivity contribution in [2.45, 2.75) is 71.1 Å². The van der Waals surface area contributed by atoms with Crippen molar-refractivity contribution in [3.8, 4) is 0 Å². The fourth-order valence-corrected chi connectivity index (χ4v) is 3.17. The molecule has 0 aliphatic heterocycles. The summed E-state index contributed by atoms with van der Waals surface area (Å²) < 4.78 is 0. The number of aliphatic hydroxyl groups excluding tert-OH is 1. The third kappa shape index (κ3) is 3.83. The molecule has 1 aliphatic rings. The second-order valence-electron chi connectivity index (χ2n) is 6.46. The normalized spacial score (nSPS) is 19.4. The Labute approximate surface area is 123 Å². The molecule has 1 aliphatic carbocycles. The van der Waals surface area contributed by atoms with Crippen molar-refractivity contribution in [1.29, 1.82) is 0 Å². The van der Waals surface area contributed by atoms with Crippen LogP contribution in [0.4, 0.5) is 0 Å². The smallest absolute Gasteiger partial charge is 0.0945 e. The van der Waals surface area contributed by atoms with Crippen LogP contribution in [-0.2, 0) is 6.42 Å². The summed E-state index contributed by atoms with van der Waals surface area (Å²) in [6.07, 6.45) is 5.79. The first-order valence-corrected chi connectivity index (χ1v) is 8.14. The minimum Gasteiger partial charge on any atom is -0.387 e. The van der Waals surface area contributed by atoms with Crippen LogP contribution in [0.15, 0.2) is 24.3 Å². The first-order chi connectivity index (χ1) is 9.61. The molecule has 2 unspecified atom stereocenters. The number of rotatable bonds is 6. The summed E-state index contributed by atoms with van der Waals surface area (Å²) >= 11 is 0. The molecule has 1 aromatic rings. The lowest BCUT2D eigenvalue weighted by Crippen LogP contribution is -2.44. The van der Waals surface area contributed by atoms with E-state index in [2.05, 4.69) is 50.4 Å². The minimum absolute atomic E-state index is 0.144. The zero-order valence-corrected chi connectivity index (χ0v) is 13.1. The van der Waals surface area contributed by atoms with Gasteiger partial charge in [0.05, 0.1) is 6.10 Å². The molecular formula is C18H29NO. The molecule has 2 heteroatoms. The maximum absolute atomic E-state index is 10.7. The number of hydrogen-bond acceptors (Lipinski definition) is 2. The van der Waals surface area contributed by atoms with Crippen LogP contribution < -0.4 is 5.32 Å². The fourth-order valence-electron chi connectivity index (χ4n) is 3.17. The van der Waals surface area contributed by atoms with Crippen LogP contribution in [-0.4, -0.2) is 17.2 Å². The Morgan fingerprint density at radius 3 is 2.25 bits per heavy atom. The van der Waals surface area contributed by atoms with Crippen molar-refractivity contribution in [1.82, 2.24) is 5.32 Å². The summed E-state index contributed by atoms with van der Waals surface area (Å²) in [4.78, 5) is 0. The standard InChI is InChI=1S/C18H29NO/c1-4-14-9-11-15(12-10-14)18(20)17(13(2)3)19-16-7-5-6-8-16/h9-13,16-20H,4-8H2,1-3H3. The molecule has 20 heavy (non-hydrogen) atoms. The summed E-state index contributed by atoms with van der Waals surface area (Å²) in [6.45, 7) is 6.54. The third-order valence-corrected chi connectivity index (χ3v) is 4.57. The molecule has 0 heterocycles. The van der Waals surface area contributed by atoms with Crippen molar-refractivity contribution < 1.29 is 5.11 Å². The van der Waals surface area contributed by atoms with Crippen LogP contribution in [0.3, 0.4) is 0 Å². The summed E-state index contributed by atoms with van der Waals surface area (Å²) in [6, 6.07) is 9.15.